The van der Waals surface area contributed by atoms with Gasteiger partial charge in [-0.15, -0.1) is 11.8 Å². The predicted octanol–water partition coefficient (Wildman–Crippen LogP) is 2.89. The Kier molecular flexibility index (Phi) is 3.89. The van der Waals surface area contributed by atoms with Crippen LogP contribution in [0.2, 0.25) is 0 Å². The van der Waals surface area contributed by atoms with Crippen LogP contribution in [0.3, 0.4) is 0 Å². The van der Waals surface area contributed by atoms with Crippen LogP contribution in [0.5, 0.6) is 5.75 Å². The molecule has 116 valence electrons. The molecule has 1 aliphatic rings. The highest BCUT2D eigenvalue weighted by molar-refractivity contribution is 7.98. The van der Waals surface area contributed by atoms with Gasteiger partial charge in [0, 0.05) is 10.5 Å². The first-order valence-electron chi connectivity index (χ1n) is 6.91. The summed E-state index contributed by atoms with van der Waals surface area (Å²) < 4.78 is 10.9. The Morgan fingerprint density at radius 1 is 1.30 bits per heavy atom. The van der Waals surface area contributed by atoms with Crippen LogP contribution in [0.4, 0.5) is 0 Å². The molecule has 1 aliphatic heterocycles. The number of hydrogen-bond donors (Lipinski definition) is 1. The molecule has 2 N–H and O–H groups in total. The van der Waals surface area contributed by atoms with Crippen molar-refractivity contribution in [2.24, 2.45) is 5.73 Å². The fraction of sp³-hybridized carbons (Fsp3) is 0.176. The summed E-state index contributed by atoms with van der Waals surface area (Å²) in [5, 5.41) is 9.25. The molecule has 1 atom stereocenters. The fourth-order valence-corrected chi connectivity index (χ4v) is 2.90. The number of nitrogens with zero attached hydrogens (tertiary/aromatic N) is 1. The molecule has 0 fully saturated rings. The minimum Gasteiger partial charge on any atom is -0.441 e. The second kappa shape index (κ2) is 5.86. The first kappa shape index (κ1) is 15.3. The van der Waals surface area contributed by atoms with Gasteiger partial charge in [0.15, 0.2) is 11.5 Å². The molecule has 2 aromatic rings. The van der Waals surface area contributed by atoms with Gasteiger partial charge in [0.05, 0.1) is 11.6 Å². The van der Waals surface area contributed by atoms with Crippen LogP contribution in [0.25, 0.3) is 0 Å². The van der Waals surface area contributed by atoms with E-state index < -0.39 is 11.5 Å². The number of aryl methyl sites for hydroxylation is 1. The van der Waals surface area contributed by atoms with Crippen molar-refractivity contribution in [3.8, 4) is 11.8 Å². The number of benzene rings is 1. The van der Waals surface area contributed by atoms with Crippen molar-refractivity contribution >= 4 is 11.8 Å². The van der Waals surface area contributed by atoms with E-state index in [2.05, 4.69) is 0 Å². The molecular weight excluding hydrogens is 312 g/mol. The quantitative estimate of drug-likeness (QED) is 0.854. The van der Waals surface area contributed by atoms with E-state index in [-0.39, 0.29) is 11.5 Å². The summed E-state index contributed by atoms with van der Waals surface area (Å²) in [4.78, 5) is 13.0. The van der Waals surface area contributed by atoms with E-state index in [9.17, 15) is 10.1 Å². The summed E-state index contributed by atoms with van der Waals surface area (Å²) in [6.07, 6.45) is 1.99. The second-order valence-corrected chi connectivity index (χ2v) is 6.03. The minimum atomic E-state index is -0.516. The van der Waals surface area contributed by atoms with Gasteiger partial charge in [-0.25, -0.2) is 4.79 Å². The molecule has 0 radical (unpaired) electrons. The smallest absolute Gasteiger partial charge is 0.339 e. The lowest BCUT2D eigenvalue weighted by Crippen LogP contribution is -2.23. The van der Waals surface area contributed by atoms with E-state index >= 15 is 0 Å². The van der Waals surface area contributed by atoms with E-state index in [4.69, 9.17) is 14.9 Å². The maximum Gasteiger partial charge on any atom is 0.339 e. The third-order valence-electron chi connectivity index (χ3n) is 3.71. The van der Waals surface area contributed by atoms with Crippen LogP contribution in [0.15, 0.2) is 55.9 Å². The molecule has 1 unspecified atom stereocenters. The lowest BCUT2D eigenvalue weighted by atomic mass is 9.90. The van der Waals surface area contributed by atoms with Crippen LogP contribution in [0, 0.1) is 18.3 Å². The summed E-state index contributed by atoms with van der Waals surface area (Å²) in [5.41, 5.74) is 7.16. The van der Waals surface area contributed by atoms with Crippen molar-refractivity contribution < 1.29 is 9.15 Å². The Bertz CT molecular complexity index is 892. The average Bonchev–Trinajstić information content (AvgIpc) is 2.56. The molecule has 6 heteroatoms. The standard InChI is InChI=1S/C17H14N2O3S/c1-9-7-12-16(22-17(9)20)14(15(19)13(8-18)21-12)10-3-5-11(23-2)6-4-10/h3-7,14H,19H2,1-2H3. The van der Waals surface area contributed by atoms with Crippen molar-refractivity contribution in [2.45, 2.75) is 17.7 Å². The van der Waals surface area contributed by atoms with Crippen LogP contribution in [-0.2, 0) is 0 Å². The van der Waals surface area contributed by atoms with E-state index in [0.29, 0.717) is 17.1 Å². The largest absolute Gasteiger partial charge is 0.441 e. The zero-order chi connectivity index (χ0) is 16.6. The van der Waals surface area contributed by atoms with Gasteiger partial charge in [0.2, 0.25) is 5.76 Å². The summed E-state index contributed by atoms with van der Waals surface area (Å²) in [6.45, 7) is 1.63. The molecule has 23 heavy (non-hydrogen) atoms. The van der Waals surface area contributed by atoms with Gasteiger partial charge in [-0.1, -0.05) is 12.1 Å². The molecule has 3 rings (SSSR count). The maximum absolute atomic E-state index is 11.9. The molecule has 1 aromatic carbocycles. The van der Waals surface area contributed by atoms with Crippen LogP contribution < -0.4 is 16.1 Å². The second-order valence-electron chi connectivity index (χ2n) is 5.15. The summed E-state index contributed by atoms with van der Waals surface area (Å²) >= 11 is 1.63. The van der Waals surface area contributed by atoms with Gasteiger partial charge in [-0.3, -0.25) is 0 Å². The van der Waals surface area contributed by atoms with E-state index in [1.54, 1.807) is 24.8 Å². The fourth-order valence-electron chi connectivity index (χ4n) is 2.49. The summed E-state index contributed by atoms with van der Waals surface area (Å²) in [5.74, 6) is 0.197. The van der Waals surface area contributed by atoms with Gasteiger partial charge in [-0.2, -0.15) is 5.26 Å². The number of nitrogens with two attached hydrogens (primary N) is 1. The van der Waals surface area contributed by atoms with Gasteiger partial charge in [-0.05, 0) is 36.9 Å². The van der Waals surface area contributed by atoms with E-state index in [0.717, 1.165) is 10.5 Å². The Morgan fingerprint density at radius 3 is 2.61 bits per heavy atom. The number of thioether (sulfide) groups is 1. The number of nitriles is 1. The molecule has 1 aromatic heterocycles. The van der Waals surface area contributed by atoms with Crippen molar-refractivity contribution in [1.29, 1.82) is 5.26 Å². The first-order valence-corrected chi connectivity index (χ1v) is 8.13. The summed E-state index contributed by atoms with van der Waals surface area (Å²) in [7, 11) is 0. The van der Waals surface area contributed by atoms with Crippen LogP contribution >= 0.6 is 11.8 Å². The molecule has 0 saturated carbocycles. The molecule has 2 heterocycles. The van der Waals surface area contributed by atoms with Crippen molar-refractivity contribution in [3.63, 3.8) is 0 Å². The third-order valence-corrected chi connectivity index (χ3v) is 4.46. The zero-order valence-corrected chi connectivity index (χ0v) is 13.4. The average molecular weight is 326 g/mol. The predicted molar refractivity (Wildman–Crippen MR) is 87.2 cm³/mol. The maximum atomic E-state index is 11.9. The molecule has 0 amide bonds. The third kappa shape index (κ3) is 2.60. The number of ether oxygens (including phenoxy) is 1. The number of allylic oxidation sites excluding steroid dienone is 2. The molecule has 0 saturated heterocycles. The molecule has 0 spiro atoms. The number of rotatable bonds is 2. The minimum absolute atomic E-state index is 0.0321. The first-order chi connectivity index (χ1) is 11.0. The van der Waals surface area contributed by atoms with Crippen molar-refractivity contribution in [1.82, 2.24) is 0 Å². The van der Waals surface area contributed by atoms with Gasteiger partial charge in [0.1, 0.15) is 6.07 Å². The van der Waals surface area contributed by atoms with E-state index in [1.807, 2.05) is 36.6 Å². The SMILES string of the molecule is CSc1ccc(C2C(N)=C(C#N)Oc3cc(C)c(=O)oc32)cc1. The Balaban J connectivity index is 2.21. The highest BCUT2D eigenvalue weighted by Crippen LogP contribution is 2.40. The number of hydrogen-bond acceptors (Lipinski definition) is 6. The lowest BCUT2D eigenvalue weighted by Gasteiger charge is -2.25. The Hall–Kier alpha value is -2.65. The van der Waals surface area contributed by atoms with Gasteiger partial charge < -0.3 is 14.9 Å². The molecule has 0 aliphatic carbocycles. The van der Waals surface area contributed by atoms with Crippen molar-refractivity contribution in [2.75, 3.05) is 6.26 Å². The molecule has 5 nitrogen and oxygen atoms in total. The number of fused-ring (bicyclic) bond motifs is 1. The Labute approximate surface area is 137 Å². The zero-order valence-electron chi connectivity index (χ0n) is 12.6. The summed E-state index contributed by atoms with van der Waals surface area (Å²) in [6, 6.07) is 11.3. The normalized spacial score (nSPS) is 16.5. The van der Waals surface area contributed by atoms with Crippen LogP contribution in [-0.4, -0.2) is 6.26 Å². The van der Waals surface area contributed by atoms with E-state index in [1.165, 1.54) is 0 Å². The Morgan fingerprint density at radius 2 is 2.00 bits per heavy atom. The van der Waals surface area contributed by atoms with Gasteiger partial charge in [0.25, 0.3) is 0 Å². The molecule has 0 bridgehead atoms. The highest BCUT2D eigenvalue weighted by Gasteiger charge is 2.33. The van der Waals surface area contributed by atoms with Crippen LogP contribution in [0.1, 0.15) is 22.8 Å². The lowest BCUT2D eigenvalue weighted by molar-refractivity contribution is 0.348. The topological polar surface area (TPSA) is 89.3 Å². The van der Waals surface area contributed by atoms with Crippen molar-refractivity contribution in [3.05, 3.63) is 69.1 Å². The molecular formula is C17H14N2O3S. The highest BCUT2D eigenvalue weighted by atomic mass is 32.2. The monoisotopic (exact) mass is 326 g/mol. The van der Waals surface area contributed by atoms with Gasteiger partial charge >= 0.3 is 5.63 Å².